The number of nitrogens with zero attached hydrogens (tertiary/aromatic N) is 1. The molecule has 0 saturated heterocycles. The Morgan fingerprint density at radius 3 is 2.29 bits per heavy atom. The van der Waals surface area contributed by atoms with Crippen LogP contribution in [0.25, 0.3) is 11.1 Å². The topological polar surface area (TPSA) is 45.0 Å². The van der Waals surface area contributed by atoms with E-state index in [0.29, 0.717) is 11.1 Å². The maximum Gasteiger partial charge on any atom is 0.573 e. The molecule has 3 nitrogen and oxygen atoms in total. The Morgan fingerprint density at radius 1 is 1.10 bits per heavy atom. The average molecular weight is 292 g/mol. The number of benzene rings is 2. The monoisotopic (exact) mass is 292 g/mol. The van der Waals surface area contributed by atoms with Crippen LogP contribution in [0.2, 0.25) is 0 Å². The van der Waals surface area contributed by atoms with Gasteiger partial charge < -0.3 is 10.1 Å². The van der Waals surface area contributed by atoms with E-state index in [2.05, 4.69) is 10.1 Å². The summed E-state index contributed by atoms with van der Waals surface area (Å²) in [5, 5.41) is 11.9. The average Bonchev–Trinajstić information content (AvgIpc) is 2.45. The second-order valence-electron chi connectivity index (χ2n) is 4.19. The van der Waals surface area contributed by atoms with Crippen molar-refractivity contribution in [3.05, 3.63) is 48.0 Å². The summed E-state index contributed by atoms with van der Waals surface area (Å²) in [4.78, 5) is 0. The molecule has 0 spiro atoms. The van der Waals surface area contributed by atoms with Crippen LogP contribution in [0, 0.1) is 11.3 Å². The molecule has 21 heavy (non-hydrogen) atoms. The fraction of sp³-hybridized carbons (Fsp3) is 0.133. The van der Waals surface area contributed by atoms with Crippen molar-refractivity contribution >= 4 is 5.69 Å². The van der Waals surface area contributed by atoms with Gasteiger partial charge in [-0.05, 0) is 35.9 Å². The molecule has 0 saturated carbocycles. The summed E-state index contributed by atoms with van der Waals surface area (Å²) in [6.07, 6.45) is -4.71. The van der Waals surface area contributed by atoms with Crippen molar-refractivity contribution in [3.63, 3.8) is 0 Å². The zero-order valence-electron chi connectivity index (χ0n) is 11.0. The number of alkyl halides is 3. The van der Waals surface area contributed by atoms with Crippen LogP contribution >= 0.6 is 0 Å². The van der Waals surface area contributed by atoms with Gasteiger partial charge in [-0.3, -0.25) is 0 Å². The first-order valence-corrected chi connectivity index (χ1v) is 6.01. The molecule has 0 radical (unpaired) electrons. The highest BCUT2D eigenvalue weighted by molar-refractivity contribution is 5.79. The highest BCUT2D eigenvalue weighted by atomic mass is 19.4. The van der Waals surface area contributed by atoms with E-state index in [-0.39, 0.29) is 5.75 Å². The molecule has 2 rings (SSSR count). The largest absolute Gasteiger partial charge is 0.573 e. The van der Waals surface area contributed by atoms with Gasteiger partial charge in [-0.25, -0.2) is 0 Å². The molecule has 0 heterocycles. The minimum absolute atomic E-state index is 0.284. The van der Waals surface area contributed by atoms with Crippen LogP contribution in [0.5, 0.6) is 5.75 Å². The molecule has 0 amide bonds. The van der Waals surface area contributed by atoms with Crippen LogP contribution in [-0.4, -0.2) is 13.4 Å². The summed E-state index contributed by atoms with van der Waals surface area (Å²) >= 11 is 0. The van der Waals surface area contributed by atoms with Gasteiger partial charge in [0.25, 0.3) is 0 Å². The van der Waals surface area contributed by atoms with Crippen molar-refractivity contribution in [1.82, 2.24) is 0 Å². The van der Waals surface area contributed by atoms with Gasteiger partial charge in [-0.1, -0.05) is 12.1 Å². The van der Waals surface area contributed by atoms with E-state index in [1.54, 1.807) is 25.2 Å². The second-order valence-corrected chi connectivity index (χ2v) is 4.19. The molecule has 0 fully saturated rings. The fourth-order valence-electron chi connectivity index (χ4n) is 1.91. The lowest BCUT2D eigenvalue weighted by Gasteiger charge is -2.12. The Balaban J connectivity index is 2.37. The van der Waals surface area contributed by atoms with Crippen molar-refractivity contribution in [1.29, 1.82) is 5.26 Å². The van der Waals surface area contributed by atoms with Crippen molar-refractivity contribution < 1.29 is 17.9 Å². The normalized spacial score (nSPS) is 10.8. The number of nitriles is 1. The molecule has 6 heteroatoms. The van der Waals surface area contributed by atoms with E-state index >= 15 is 0 Å². The zero-order chi connectivity index (χ0) is 15.5. The minimum atomic E-state index is -4.71. The minimum Gasteiger partial charge on any atom is -0.406 e. The molecule has 2 aromatic rings. The van der Waals surface area contributed by atoms with Gasteiger partial charge in [0.05, 0.1) is 11.6 Å². The van der Waals surface area contributed by atoms with Gasteiger partial charge in [0.15, 0.2) is 0 Å². The smallest absolute Gasteiger partial charge is 0.406 e. The first-order chi connectivity index (χ1) is 9.93. The van der Waals surface area contributed by atoms with Crippen LogP contribution in [0.15, 0.2) is 42.5 Å². The first-order valence-electron chi connectivity index (χ1n) is 6.01. The van der Waals surface area contributed by atoms with Gasteiger partial charge in [-0.2, -0.15) is 5.26 Å². The number of anilines is 1. The number of hydrogen-bond acceptors (Lipinski definition) is 3. The molecular weight excluding hydrogens is 281 g/mol. The second kappa shape index (κ2) is 5.75. The Kier molecular flexibility index (Phi) is 4.03. The lowest BCUT2D eigenvalue weighted by Crippen LogP contribution is -2.16. The molecule has 1 N–H and O–H groups in total. The van der Waals surface area contributed by atoms with Gasteiger partial charge in [-0.15, -0.1) is 13.2 Å². The van der Waals surface area contributed by atoms with Gasteiger partial charge >= 0.3 is 6.36 Å². The standard InChI is InChI=1S/C15H11F3N2O/c1-20-14-7-2-10(9-19)8-13(14)11-3-5-12(6-4-11)21-15(16,17)18/h2-8,20H,1H3. The third-order valence-electron chi connectivity index (χ3n) is 2.82. The molecular formula is C15H11F3N2O. The summed E-state index contributed by atoms with van der Waals surface area (Å²) in [5.41, 5.74) is 2.67. The van der Waals surface area contributed by atoms with Crippen LogP contribution in [0.3, 0.4) is 0 Å². The molecule has 0 bridgehead atoms. The zero-order valence-corrected chi connectivity index (χ0v) is 11.0. The third-order valence-corrected chi connectivity index (χ3v) is 2.82. The van der Waals surface area contributed by atoms with Crippen molar-refractivity contribution in [3.8, 4) is 22.9 Å². The van der Waals surface area contributed by atoms with Crippen molar-refractivity contribution in [2.24, 2.45) is 0 Å². The number of halogens is 3. The van der Waals surface area contributed by atoms with E-state index in [1.165, 1.54) is 24.3 Å². The number of hydrogen-bond donors (Lipinski definition) is 1. The molecule has 0 aromatic heterocycles. The molecule has 0 aliphatic heterocycles. The molecule has 0 aliphatic carbocycles. The predicted octanol–water partition coefficient (Wildman–Crippen LogP) is 4.17. The quantitative estimate of drug-likeness (QED) is 0.923. The van der Waals surface area contributed by atoms with Crippen LogP contribution in [0.4, 0.5) is 18.9 Å². The molecule has 2 aromatic carbocycles. The lowest BCUT2D eigenvalue weighted by atomic mass is 10.0. The summed E-state index contributed by atoms with van der Waals surface area (Å²) in [6, 6.07) is 12.6. The number of rotatable bonds is 3. The van der Waals surface area contributed by atoms with Gasteiger partial charge in [0.1, 0.15) is 5.75 Å². The molecule has 0 aliphatic rings. The van der Waals surface area contributed by atoms with Crippen LogP contribution < -0.4 is 10.1 Å². The molecule has 0 unspecified atom stereocenters. The highest BCUT2D eigenvalue weighted by Crippen LogP contribution is 2.31. The highest BCUT2D eigenvalue weighted by Gasteiger charge is 2.30. The fourth-order valence-corrected chi connectivity index (χ4v) is 1.91. The van der Waals surface area contributed by atoms with E-state index in [1.807, 2.05) is 6.07 Å². The van der Waals surface area contributed by atoms with E-state index < -0.39 is 6.36 Å². The predicted molar refractivity (Wildman–Crippen MR) is 72.8 cm³/mol. The first kappa shape index (κ1) is 14.7. The Morgan fingerprint density at radius 2 is 1.76 bits per heavy atom. The van der Waals surface area contributed by atoms with Crippen molar-refractivity contribution in [2.75, 3.05) is 12.4 Å². The van der Waals surface area contributed by atoms with Gasteiger partial charge in [0.2, 0.25) is 0 Å². The summed E-state index contributed by atoms with van der Waals surface area (Å²) in [5.74, 6) is -0.284. The van der Waals surface area contributed by atoms with E-state index in [4.69, 9.17) is 5.26 Å². The molecule has 0 atom stereocenters. The van der Waals surface area contributed by atoms with Crippen molar-refractivity contribution in [2.45, 2.75) is 6.36 Å². The van der Waals surface area contributed by atoms with E-state index in [9.17, 15) is 13.2 Å². The summed E-state index contributed by atoms with van der Waals surface area (Å²) in [7, 11) is 1.73. The lowest BCUT2D eigenvalue weighted by molar-refractivity contribution is -0.274. The summed E-state index contributed by atoms with van der Waals surface area (Å²) in [6.45, 7) is 0. The molecule has 108 valence electrons. The maximum atomic E-state index is 12.1. The van der Waals surface area contributed by atoms with Crippen LogP contribution in [-0.2, 0) is 0 Å². The number of ether oxygens (including phenoxy) is 1. The number of nitrogens with one attached hydrogen (secondary N) is 1. The summed E-state index contributed by atoms with van der Waals surface area (Å²) < 4.78 is 40.2. The van der Waals surface area contributed by atoms with Gasteiger partial charge in [0, 0.05) is 18.3 Å². The SMILES string of the molecule is CNc1ccc(C#N)cc1-c1ccc(OC(F)(F)F)cc1. The van der Waals surface area contributed by atoms with Crippen LogP contribution in [0.1, 0.15) is 5.56 Å². The van der Waals surface area contributed by atoms with E-state index in [0.717, 1.165) is 11.3 Å². The third kappa shape index (κ3) is 3.66. The Bertz CT molecular complexity index is 673. The Hall–Kier alpha value is -2.68. The maximum absolute atomic E-state index is 12.1. The Labute approximate surface area is 119 Å².